The van der Waals surface area contributed by atoms with Gasteiger partial charge < -0.3 is 24.9 Å². The fraction of sp³-hybridized carbons (Fsp3) is 0.286. The monoisotopic (exact) mass is 656 g/mol. The molecule has 3 aromatic heterocycles. The van der Waals surface area contributed by atoms with Crippen LogP contribution in [0.4, 0.5) is 14.5 Å². The van der Waals surface area contributed by atoms with Gasteiger partial charge in [0.1, 0.15) is 47.7 Å². The number of ether oxygens (including phenoxy) is 3. The van der Waals surface area contributed by atoms with E-state index in [1.54, 1.807) is 7.05 Å². The van der Waals surface area contributed by atoms with Crippen molar-refractivity contribution in [2.45, 2.75) is 19.5 Å². The molecule has 2 aliphatic rings. The number of halogens is 2. The molecule has 5 heterocycles. The van der Waals surface area contributed by atoms with Crippen LogP contribution in [0.25, 0.3) is 43.9 Å². The molecular formula is C35H34F2N6O3S. The fourth-order valence-corrected chi connectivity index (χ4v) is 7.11. The Balaban J connectivity index is 1.58. The number of pyridine rings is 1. The Labute approximate surface area is 274 Å². The van der Waals surface area contributed by atoms with E-state index in [0.29, 0.717) is 52.7 Å². The van der Waals surface area contributed by atoms with E-state index in [4.69, 9.17) is 29.7 Å². The maximum absolute atomic E-state index is 16.2. The van der Waals surface area contributed by atoms with E-state index in [1.165, 1.54) is 23.6 Å². The summed E-state index contributed by atoms with van der Waals surface area (Å²) in [5, 5.41) is 19.0. The Hall–Kier alpha value is -4.65. The fourth-order valence-electron chi connectivity index (χ4n) is 6.16. The summed E-state index contributed by atoms with van der Waals surface area (Å²) in [5.74, 6) is -0.894. The molecule has 242 valence electrons. The van der Waals surface area contributed by atoms with Crippen LogP contribution in [0.3, 0.4) is 0 Å². The van der Waals surface area contributed by atoms with Crippen LogP contribution in [0.5, 0.6) is 11.5 Å². The van der Waals surface area contributed by atoms with Gasteiger partial charge in [0.25, 0.3) is 0 Å². The number of benzene rings is 2. The van der Waals surface area contributed by atoms with Gasteiger partial charge in [0.05, 0.1) is 36.7 Å². The first-order valence-electron chi connectivity index (χ1n) is 15.4. The van der Waals surface area contributed by atoms with Crippen LogP contribution in [0, 0.1) is 17.0 Å². The van der Waals surface area contributed by atoms with E-state index in [1.807, 2.05) is 46.5 Å². The van der Waals surface area contributed by atoms with Crippen LogP contribution < -0.4 is 14.8 Å². The molecule has 1 unspecified atom stereocenters. The highest BCUT2D eigenvalue weighted by molar-refractivity contribution is 7.18. The molecule has 0 fully saturated rings. The van der Waals surface area contributed by atoms with Crippen molar-refractivity contribution in [1.29, 1.82) is 5.41 Å². The first kappa shape index (κ1) is 31.0. The number of hydrogen-bond donors (Lipinski definition) is 2. The predicted molar refractivity (Wildman–Crippen MR) is 181 cm³/mol. The van der Waals surface area contributed by atoms with Crippen molar-refractivity contribution in [1.82, 2.24) is 19.7 Å². The van der Waals surface area contributed by atoms with Gasteiger partial charge in [0.2, 0.25) is 0 Å². The summed E-state index contributed by atoms with van der Waals surface area (Å²) in [6.07, 6.45) is 4.99. The van der Waals surface area contributed by atoms with Crippen molar-refractivity contribution in [3.8, 4) is 45.3 Å². The largest absolute Gasteiger partial charge is 0.490 e. The summed E-state index contributed by atoms with van der Waals surface area (Å²) in [7, 11) is 3.87. The second-order valence-electron chi connectivity index (χ2n) is 11.5. The lowest BCUT2D eigenvalue weighted by molar-refractivity contribution is 0.120. The number of anilines is 1. The number of likely N-dealkylation sites (N-methyl/N-ethyl adjacent to an activating group) is 1. The van der Waals surface area contributed by atoms with Crippen LogP contribution in [-0.2, 0) is 11.3 Å². The summed E-state index contributed by atoms with van der Waals surface area (Å²) in [6.45, 7) is 4.53. The predicted octanol–water partition coefficient (Wildman–Crippen LogP) is 7.16. The zero-order valence-corrected chi connectivity index (χ0v) is 27.1. The first-order chi connectivity index (χ1) is 22.9. The lowest BCUT2D eigenvalue weighted by Gasteiger charge is -2.30. The second kappa shape index (κ2) is 12.9. The van der Waals surface area contributed by atoms with Gasteiger partial charge in [0.15, 0.2) is 0 Å². The molecule has 0 aliphatic carbocycles. The van der Waals surface area contributed by atoms with Crippen molar-refractivity contribution >= 4 is 33.3 Å². The molecule has 47 heavy (non-hydrogen) atoms. The van der Waals surface area contributed by atoms with Gasteiger partial charge in [-0.3, -0.25) is 9.58 Å². The highest BCUT2D eigenvalue weighted by Gasteiger charge is 2.30. The zero-order valence-electron chi connectivity index (χ0n) is 26.3. The summed E-state index contributed by atoms with van der Waals surface area (Å²) in [5.41, 5.74) is 5.23. The quantitative estimate of drug-likeness (QED) is 0.157. The molecule has 0 saturated heterocycles. The molecule has 2 aliphatic heterocycles. The molecule has 0 amide bonds. The van der Waals surface area contributed by atoms with Crippen LogP contribution in [-0.4, -0.2) is 72.9 Å². The summed E-state index contributed by atoms with van der Waals surface area (Å²) >= 11 is 1.43. The molecular weight excluding hydrogens is 622 g/mol. The summed E-state index contributed by atoms with van der Waals surface area (Å²) < 4.78 is 51.7. The summed E-state index contributed by atoms with van der Waals surface area (Å²) in [6, 6.07) is 9.86. The Kier molecular flexibility index (Phi) is 8.48. The van der Waals surface area contributed by atoms with Crippen molar-refractivity contribution < 1.29 is 23.0 Å². The number of rotatable bonds is 3. The molecule has 0 saturated carbocycles. The van der Waals surface area contributed by atoms with E-state index in [9.17, 15) is 4.39 Å². The molecule has 2 N–H and O–H groups in total. The Morgan fingerprint density at radius 2 is 1.85 bits per heavy atom. The molecule has 9 nitrogen and oxygen atoms in total. The molecule has 0 spiro atoms. The smallest absolute Gasteiger partial charge is 0.137 e. The van der Waals surface area contributed by atoms with Crippen LogP contribution >= 0.6 is 11.3 Å². The van der Waals surface area contributed by atoms with Crippen LogP contribution in [0.15, 0.2) is 53.9 Å². The molecule has 0 radical (unpaired) electrons. The van der Waals surface area contributed by atoms with E-state index in [-0.39, 0.29) is 37.2 Å². The van der Waals surface area contributed by atoms with Gasteiger partial charge in [-0.05, 0) is 43.6 Å². The van der Waals surface area contributed by atoms with Crippen molar-refractivity contribution in [3.63, 3.8) is 0 Å². The van der Waals surface area contributed by atoms with Crippen molar-refractivity contribution in [2.24, 2.45) is 0 Å². The number of aromatic nitrogens is 3. The van der Waals surface area contributed by atoms with Crippen LogP contribution in [0.1, 0.15) is 24.2 Å². The number of fused-ring (bicyclic) bond motifs is 11. The molecule has 1 atom stereocenters. The number of hydrogen-bond acceptors (Lipinski definition) is 9. The molecule has 2 bridgehead atoms. The number of nitrogens with one attached hydrogen (secondary N) is 2. The minimum atomic E-state index is -0.766. The average molecular weight is 657 g/mol. The minimum Gasteiger partial charge on any atom is -0.490 e. The van der Waals surface area contributed by atoms with Crippen LogP contribution in [0.2, 0.25) is 0 Å². The second-order valence-corrected chi connectivity index (χ2v) is 12.4. The van der Waals surface area contributed by atoms with E-state index in [2.05, 4.69) is 24.2 Å². The number of thiophene rings is 1. The molecule has 2 aromatic carbocycles. The Morgan fingerprint density at radius 1 is 1.00 bits per heavy atom. The maximum atomic E-state index is 16.2. The maximum Gasteiger partial charge on any atom is 0.137 e. The van der Waals surface area contributed by atoms with E-state index >= 15 is 4.39 Å². The SMILES string of the molecule is CNc1cc2c(cc1C=N)-c1nc(-c3cc4n(n3)CCN(C)C4C)c(c3sccc13)-c1c(F)cc(F)cc1OCCOC/C=C/CO2. The molecule has 7 rings (SSSR count). The lowest BCUT2D eigenvalue weighted by atomic mass is 9.95. The van der Waals surface area contributed by atoms with Gasteiger partial charge in [-0.15, -0.1) is 11.3 Å². The minimum absolute atomic E-state index is 0.0574. The highest BCUT2D eigenvalue weighted by atomic mass is 32.1. The number of nitrogens with zero attached hydrogens (tertiary/aromatic N) is 4. The van der Waals surface area contributed by atoms with E-state index < -0.39 is 11.6 Å². The van der Waals surface area contributed by atoms with E-state index in [0.717, 1.165) is 34.1 Å². The van der Waals surface area contributed by atoms with Gasteiger partial charge in [0, 0.05) is 76.5 Å². The average Bonchev–Trinajstić information content (AvgIpc) is 3.73. The third-order valence-electron chi connectivity index (χ3n) is 8.72. The lowest BCUT2D eigenvalue weighted by Crippen LogP contribution is -2.33. The van der Waals surface area contributed by atoms with Crippen molar-refractivity contribution in [2.75, 3.05) is 52.4 Å². The van der Waals surface area contributed by atoms with Gasteiger partial charge >= 0.3 is 0 Å². The Bertz CT molecular complexity index is 2020. The Morgan fingerprint density at radius 3 is 2.68 bits per heavy atom. The molecule has 12 heteroatoms. The van der Waals surface area contributed by atoms with Gasteiger partial charge in [-0.25, -0.2) is 13.8 Å². The standard InChI is InChI=1S/C35H34F2N6O3S/c1-20-28-17-27(41-43(28)8-7-42(20)3)34-32-31-25(37)15-22(36)16-30(31)46-12-11-44-9-4-5-10-45-29-18-26(39-2)21(19-38)14-24(29)33(40-34)23-6-13-47-35(23)32/h4-6,13-20,38-39H,7-12H2,1-3H3/b5-4+,38-19?. The molecule has 5 aromatic rings. The zero-order chi connectivity index (χ0) is 32.7. The highest BCUT2D eigenvalue weighted by Crippen LogP contribution is 2.49. The van der Waals surface area contributed by atoms with Gasteiger partial charge in [-0.1, -0.05) is 6.08 Å². The summed E-state index contributed by atoms with van der Waals surface area (Å²) in [4.78, 5) is 7.53. The third-order valence-corrected chi connectivity index (χ3v) is 9.65. The van der Waals surface area contributed by atoms with Crippen molar-refractivity contribution in [3.05, 3.63) is 76.8 Å². The first-order valence-corrected chi connectivity index (χ1v) is 16.3. The topological polar surface area (TPSA) is 97.5 Å². The normalized spacial score (nSPS) is 17.6. The third kappa shape index (κ3) is 5.66. The van der Waals surface area contributed by atoms with Gasteiger partial charge in [-0.2, -0.15) is 5.10 Å².